The molecule has 0 spiro atoms. The SMILES string of the molecule is Cc1ccc(C(C)C)c(N2CCS/C2=N\C(=O)NNC(C)c2ccc(-c3ncn(-c4ccc(OC(F)(F)F)cc4)n3)cc2)c1. The number of anilines is 1. The van der Waals surface area contributed by atoms with Gasteiger partial charge in [0.2, 0.25) is 0 Å². The Hall–Kier alpha value is -4.36. The molecule has 2 amide bonds. The lowest BCUT2D eigenvalue weighted by molar-refractivity contribution is -0.274. The molecule has 230 valence electrons. The van der Waals surface area contributed by atoms with Crippen molar-refractivity contribution in [1.29, 1.82) is 0 Å². The summed E-state index contributed by atoms with van der Waals surface area (Å²) in [6.07, 6.45) is -3.27. The number of thioether (sulfide) groups is 1. The summed E-state index contributed by atoms with van der Waals surface area (Å²) in [5.74, 6) is 1.33. The van der Waals surface area contributed by atoms with Gasteiger partial charge in [0.05, 0.1) is 5.69 Å². The Morgan fingerprint density at radius 2 is 1.77 bits per heavy atom. The highest BCUT2D eigenvalue weighted by atomic mass is 32.2. The number of hydrogen-bond donors (Lipinski definition) is 2. The molecule has 0 bridgehead atoms. The molecule has 1 aliphatic rings. The van der Waals surface area contributed by atoms with E-state index in [-0.39, 0.29) is 11.8 Å². The molecule has 9 nitrogen and oxygen atoms in total. The Morgan fingerprint density at radius 1 is 1.05 bits per heavy atom. The van der Waals surface area contributed by atoms with Crippen LogP contribution < -0.4 is 20.5 Å². The fourth-order valence-corrected chi connectivity index (χ4v) is 5.65. The Bertz CT molecular complexity index is 1640. The normalized spacial score (nSPS) is 15.2. The Labute approximate surface area is 257 Å². The van der Waals surface area contributed by atoms with E-state index in [1.165, 1.54) is 40.8 Å². The third kappa shape index (κ3) is 7.58. The third-order valence-electron chi connectivity index (χ3n) is 6.96. The standard InChI is InChI=1S/C31H32F3N7O2S/c1-19(2)26-14-5-20(3)17-27(26)40-15-16-44-30(40)36-29(42)38-37-21(4)22-6-8-23(9-7-22)28-35-18-41(39-28)24-10-12-25(13-11-24)43-31(32,33)34/h5-14,17-19,21,37H,15-16H2,1-4H3,(H,38,42)/b36-30-. The number of nitrogens with one attached hydrogen (secondary N) is 2. The quantitative estimate of drug-likeness (QED) is 0.201. The number of aromatic nitrogens is 3. The number of nitrogens with zero attached hydrogens (tertiary/aromatic N) is 5. The van der Waals surface area contributed by atoms with Crippen LogP contribution in [0.5, 0.6) is 5.75 Å². The maximum Gasteiger partial charge on any atom is 0.573 e. The third-order valence-corrected chi connectivity index (χ3v) is 7.92. The van der Waals surface area contributed by atoms with Crippen molar-refractivity contribution < 1.29 is 22.7 Å². The zero-order valence-electron chi connectivity index (χ0n) is 24.6. The van der Waals surface area contributed by atoms with Gasteiger partial charge in [-0.05, 0) is 66.8 Å². The van der Waals surface area contributed by atoms with Crippen molar-refractivity contribution in [3.8, 4) is 22.8 Å². The summed E-state index contributed by atoms with van der Waals surface area (Å²) in [5.41, 5.74) is 11.4. The summed E-state index contributed by atoms with van der Waals surface area (Å²) in [6.45, 7) is 9.08. The summed E-state index contributed by atoms with van der Waals surface area (Å²) in [7, 11) is 0. The van der Waals surface area contributed by atoms with E-state index in [4.69, 9.17) is 0 Å². The number of rotatable bonds is 8. The molecule has 13 heteroatoms. The van der Waals surface area contributed by atoms with Gasteiger partial charge in [0.1, 0.15) is 12.1 Å². The molecular weight excluding hydrogens is 591 g/mol. The molecule has 44 heavy (non-hydrogen) atoms. The van der Waals surface area contributed by atoms with E-state index in [9.17, 15) is 18.0 Å². The van der Waals surface area contributed by atoms with Crippen LogP contribution in [-0.4, -0.2) is 44.6 Å². The average molecular weight is 624 g/mol. The van der Waals surface area contributed by atoms with Crippen LogP contribution in [-0.2, 0) is 0 Å². The monoisotopic (exact) mass is 623 g/mol. The average Bonchev–Trinajstić information content (AvgIpc) is 3.66. The molecule has 1 aromatic heterocycles. The first kappa shape index (κ1) is 31.1. The second-order valence-corrected chi connectivity index (χ2v) is 11.6. The van der Waals surface area contributed by atoms with E-state index in [0.29, 0.717) is 22.6 Å². The first-order chi connectivity index (χ1) is 21.0. The van der Waals surface area contributed by atoms with Crippen molar-refractivity contribution in [3.05, 3.63) is 89.7 Å². The van der Waals surface area contributed by atoms with E-state index >= 15 is 0 Å². The number of hydrazine groups is 1. The van der Waals surface area contributed by atoms with Crippen LogP contribution >= 0.6 is 11.8 Å². The van der Waals surface area contributed by atoms with E-state index in [1.54, 1.807) is 11.8 Å². The van der Waals surface area contributed by atoms with Crippen molar-refractivity contribution in [3.63, 3.8) is 0 Å². The molecule has 1 unspecified atom stereocenters. The predicted molar refractivity (Wildman–Crippen MR) is 166 cm³/mol. The Morgan fingerprint density at radius 3 is 2.45 bits per heavy atom. The molecule has 1 saturated heterocycles. The molecule has 1 fully saturated rings. The van der Waals surface area contributed by atoms with Crippen LogP contribution in [0.1, 0.15) is 49.4 Å². The number of ether oxygens (including phenoxy) is 1. The lowest BCUT2D eigenvalue weighted by atomic mass is 9.99. The molecule has 0 radical (unpaired) electrons. The number of urea groups is 1. The summed E-state index contributed by atoms with van der Waals surface area (Å²) in [6, 6.07) is 18.6. The first-order valence-electron chi connectivity index (χ1n) is 14.0. The van der Waals surface area contributed by atoms with Gasteiger partial charge in [0.15, 0.2) is 11.0 Å². The van der Waals surface area contributed by atoms with Crippen LogP contribution in [0.2, 0.25) is 0 Å². The van der Waals surface area contributed by atoms with Crippen molar-refractivity contribution in [2.24, 2.45) is 4.99 Å². The molecular formula is C31H32F3N7O2S. The van der Waals surface area contributed by atoms with Crippen LogP contribution in [0.3, 0.4) is 0 Å². The smallest absolute Gasteiger partial charge is 0.406 e. The van der Waals surface area contributed by atoms with E-state index in [2.05, 4.69) is 74.5 Å². The van der Waals surface area contributed by atoms with E-state index < -0.39 is 12.4 Å². The Kier molecular flexibility index (Phi) is 9.25. The number of aliphatic imine (C=N–C) groups is 1. The summed E-state index contributed by atoms with van der Waals surface area (Å²) in [4.78, 5) is 23.5. The van der Waals surface area contributed by atoms with Gasteiger partial charge < -0.3 is 9.64 Å². The molecule has 1 atom stereocenters. The summed E-state index contributed by atoms with van der Waals surface area (Å²) in [5, 5.41) is 5.11. The molecule has 2 N–H and O–H groups in total. The van der Waals surface area contributed by atoms with Crippen LogP contribution in [0, 0.1) is 6.92 Å². The molecule has 4 aromatic rings. The van der Waals surface area contributed by atoms with Gasteiger partial charge in [-0.3, -0.25) is 5.43 Å². The van der Waals surface area contributed by atoms with Gasteiger partial charge in [-0.25, -0.2) is 19.9 Å². The van der Waals surface area contributed by atoms with Gasteiger partial charge in [-0.15, -0.1) is 18.3 Å². The van der Waals surface area contributed by atoms with Crippen molar-refractivity contribution in [1.82, 2.24) is 25.6 Å². The second-order valence-electron chi connectivity index (χ2n) is 10.6. The number of alkyl halides is 3. The van der Waals surface area contributed by atoms with Gasteiger partial charge in [0.25, 0.3) is 0 Å². The lowest BCUT2D eigenvalue weighted by Gasteiger charge is -2.23. The minimum absolute atomic E-state index is 0.215. The molecule has 2 heterocycles. The van der Waals surface area contributed by atoms with E-state index in [1.807, 2.05) is 31.2 Å². The number of halogens is 3. The molecule has 3 aromatic carbocycles. The Balaban J connectivity index is 1.19. The predicted octanol–water partition coefficient (Wildman–Crippen LogP) is 7.15. The van der Waals surface area contributed by atoms with E-state index in [0.717, 1.165) is 34.7 Å². The van der Waals surface area contributed by atoms with Crippen molar-refractivity contribution in [2.45, 2.75) is 46.0 Å². The van der Waals surface area contributed by atoms with Gasteiger partial charge in [-0.1, -0.05) is 62.0 Å². The molecule has 1 aliphatic heterocycles. The van der Waals surface area contributed by atoms with Crippen LogP contribution in [0.15, 0.2) is 78.0 Å². The topological polar surface area (TPSA) is 96.7 Å². The molecule has 0 saturated carbocycles. The van der Waals surface area contributed by atoms with Crippen molar-refractivity contribution in [2.75, 3.05) is 17.2 Å². The number of amidine groups is 1. The van der Waals surface area contributed by atoms with Crippen LogP contribution in [0.25, 0.3) is 17.1 Å². The van der Waals surface area contributed by atoms with Gasteiger partial charge in [0, 0.05) is 29.6 Å². The molecule has 5 rings (SSSR count). The lowest BCUT2D eigenvalue weighted by Crippen LogP contribution is -2.38. The van der Waals surface area contributed by atoms with Crippen molar-refractivity contribution >= 4 is 28.6 Å². The maximum atomic E-state index is 12.8. The number of amides is 2. The maximum absolute atomic E-state index is 12.8. The number of hydrogen-bond acceptors (Lipinski definition) is 6. The fraction of sp³-hybridized carbons (Fsp3) is 0.290. The summed E-state index contributed by atoms with van der Waals surface area (Å²) < 4.78 is 42.6. The highest BCUT2D eigenvalue weighted by Gasteiger charge is 2.31. The minimum Gasteiger partial charge on any atom is -0.406 e. The number of benzene rings is 3. The zero-order valence-corrected chi connectivity index (χ0v) is 25.4. The molecule has 0 aliphatic carbocycles. The highest BCUT2D eigenvalue weighted by molar-refractivity contribution is 8.14. The largest absolute Gasteiger partial charge is 0.573 e. The van der Waals surface area contributed by atoms with Crippen LogP contribution in [0.4, 0.5) is 23.7 Å². The minimum atomic E-state index is -4.75. The number of aryl methyl sites for hydroxylation is 1. The number of carbonyl (C=O) groups is 1. The zero-order chi connectivity index (χ0) is 31.4. The van der Waals surface area contributed by atoms with Gasteiger partial charge in [-0.2, -0.15) is 4.99 Å². The fourth-order valence-electron chi connectivity index (χ4n) is 4.70. The second kappa shape index (κ2) is 13.1. The highest BCUT2D eigenvalue weighted by Crippen LogP contribution is 2.33. The summed E-state index contributed by atoms with van der Waals surface area (Å²) >= 11 is 1.56. The number of carbonyl (C=O) groups excluding carboxylic acids is 1. The van der Waals surface area contributed by atoms with Gasteiger partial charge >= 0.3 is 12.4 Å². The first-order valence-corrected chi connectivity index (χ1v) is 15.0.